The number of aryl methyl sites for hydroxylation is 1. The third kappa shape index (κ3) is 4.21. The molecule has 4 aromatic rings. The van der Waals surface area contributed by atoms with Gasteiger partial charge < -0.3 is 9.72 Å². The minimum absolute atomic E-state index is 0.260. The first-order valence-electron chi connectivity index (χ1n) is 9.30. The highest BCUT2D eigenvalue weighted by Gasteiger charge is 2.22. The number of tetrazole rings is 1. The number of esters is 1. The SMILES string of the molecule is CCOC(=O)c1sc2nc(C(C)Sc3nnnn3-c3cccc(Cl)c3)[nH]c(=O)c2c1C. The summed E-state index contributed by atoms with van der Waals surface area (Å²) in [6.45, 7) is 5.60. The molecule has 4 rings (SSSR count). The quantitative estimate of drug-likeness (QED) is 0.328. The van der Waals surface area contributed by atoms with Crippen molar-refractivity contribution in [1.82, 2.24) is 30.2 Å². The van der Waals surface area contributed by atoms with E-state index >= 15 is 0 Å². The van der Waals surface area contributed by atoms with Crippen LogP contribution in [0.4, 0.5) is 0 Å². The first-order chi connectivity index (χ1) is 14.9. The number of hydrogen-bond acceptors (Lipinski definition) is 9. The molecule has 1 aromatic carbocycles. The predicted octanol–water partition coefficient (Wildman–Crippen LogP) is 3.95. The molecular weight excluding hydrogens is 460 g/mol. The summed E-state index contributed by atoms with van der Waals surface area (Å²) in [7, 11) is 0. The average molecular weight is 477 g/mol. The molecule has 1 unspecified atom stereocenters. The number of ether oxygens (including phenoxy) is 1. The van der Waals surface area contributed by atoms with Crippen LogP contribution in [-0.2, 0) is 4.74 Å². The Kier molecular flexibility index (Phi) is 6.08. The van der Waals surface area contributed by atoms with E-state index in [-0.39, 0.29) is 17.4 Å². The summed E-state index contributed by atoms with van der Waals surface area (Å²) in [5.41, 5.74) is 0.993. The zero-order valence-corrected chi connectivity index (χ0v) is 19.1. The highest BCUT2D eigenvalue weighted by Crippen LogP contribution is 2.34. The summed E-state index contributed by atoms with van der Waals surface area (Å²) >= 11 is 8.56. The predicted molar refractivity (Wildman–Crippen MR) is 119 cm³/mol. The van der Waals surface area contributed by atoms with Crippen molar-refractivity contribution < 1.29 is 9.53 Å². The lowest BCUT2D eigenvalue weighted by molar-refractivity contribution is 0.0531. The Morgan fingerprint density at radius 2 is 2.23 bits per heavy atom. The minimum atomic E-state index is -0.452. The van der Waals surface area contributed by atoms with E-state index in [0.717, 1.165) is 17.0 Å². The van der Waals surface area contributed by atoms with Crippen molar-refractivity contribution in [2.45, 2.75) is 31.2 Å². The van der Waals surface area contributed by atoms with Crippen LogP contribution >= 0.6 is 34.7 Å². The standard InChI is InChI=1S/C19H17ClN6O3S2/c1-4-29-18(28)14-9(2)13-16(27)21-15(22-17(13)31-14)10(3)30-19-23-24-25-26(19)12-7-5-6-11(20)8-12/h5-8,10H,4H2,1-3H3,(H,21,22,27). The molecule has 12 heteroatoms. The van der Waals surface area contributed by atoms with Crippen molar-refractivity contribution in [3.8, 4) is 5.69 Å². The van der Waals surface area contributed by atoms with E-state index in [1.165, 1.54) is 11.8 Å². The number of halogens is 1. The first kappa shape index (κ1) is 21.5. The number of carbonyl (C=O) groups excluding carboxylic acids is 1. The fourth-order valence-corrected chi connectivity index (χ4v) is 5.11. The highest BCUT2D eigenvalue weighted by atomic mass is 35.5. The molecule has 0 saturated carbocycles. The Labute approximate surface area is 189 Å². The van der Waals surface area contributed by atoms with Crippen LogP contribution in [0.25, 0.3) is 15.9 Å². The molecule has 0 amide bonds. The number of rotatable bonds is 6. The number of thiophene rings is 1. The zero-order valence-electron chi connectivity index (χ0n) is 16.7. The normalized spacial score (nSPS) is 12.3. The second kappa shape index (κ2) is 8.77. The van der Waals surface area contributed by atoms with E-state index in [1.54, 1.807) is 30.7 Å². The molecule has 31 heavy (non-hydrogen) atoms. The van der Waals surface area contributed by atoms with Crippen LogP contribution in [0.2, 0.25) is 5.02 Å². The Bertz CT molecular complexity index is 1330. The van der Waals surface area contributed by atoms with E-state index in [4.69, 9.17) is 16.3 Å². The molecule has 160 valence electrons. The molecule has 0 bridgehead atoms. The van der Waals surface area contributed by atoms with E-state index in [2.05, 4.69) is 25.5 Å². The Morgan fingerprint density at radius 3 is 2.97 bits per heavy atom. The lowest BCUT2D eigenvalue weighted by Crippen LogP contribution is -2.13. The molecule has 0 spiro atoms. The number of aromatic amines is 1. The minimum Gasteiger partial charge on any atom is -0.462 e. The zero-order chi connectivity index (χ0) is 22.1. The van der Waals surface area contributed by atoms with Gasteiger partial charge >= 0.3 is 5.97 Å². The van der Waals surface area contributed by atoms with Crippen LogP contribution in [-0.4, -0.2) is 42.8 Å². The van der Waals surface area contributed by atoms with Gasteiger partial charge in [0.05, 0.1) is 22.9 Å². The van der Waals surface area contributed by atoms with Gasteiger partial charge in [0.25, 0.3) is 5.56 Å². The number of hydrogen-bond donors (Lipinski definition) is 1. The molecule has 3 aromatic heterocycles. The van der Waals surface area contributed by atoms with Gasteiger partial charge in [-0.1, -0.05) is 29.4 Å². The van der Waals surface area contributed by atoms with Crippen molar-refractivity contribution in [3.63, 3.8) is 0 Å². The van der Waals surface area contributed by atoms with E-state index in [9.17, 15) is 9.59 Å². The molecule has 0 aliphatic rings. The Morgan fingerprint density at radius 1 is 1.42 bits per heavy atom. The summed E-state index contributed by atoms with van der Waals surface area (Å²) in [4.78, 5) is 33.2. The summed E-state index contributed by atoms with van der Waals surface area (Å²) in [6, 6.07) is 7.17. The van der Waals surface area contributed by atoms with E-state index in [1.807, 2.05) is 19.1 Å². The molecule has 0 fully saturated rings. The van der Waals surface area contributed by atoms with Gasteiger partial charge in [-0.3, -0.25) is 4.79 Å². The maximum absolute atomic E-state index is 12.7. The summed E-state index contributed by atoms with van der Waals surface area (Å²) in [6.07, 6.45) is 0. The smallest absolute Gasteiger partial charge is 0.348 e. The maximum Gasteiger partial charge on any atom is 0.348 e. The number of carbonyl (C=O) groups is 1. The lowest BCUT2D eigenvalue weighted by Gasteiger charge is -2.10. The fourth-order valence-electron chi connectivity index (χ4n) is 2.98. The van der Waals surface area contributed by atoms with Gasteiger partial charge in [-0.2, -0.15) is 4.68 Å². The molecule has 3 heterocycles. The Balaban J connectivity index is 1.67. The van der Waals surface area contributed by atoms with Crippen molar-refractivity contribution in [3.05, 3.63) is 55.9 Å². The second-order valence-electron chi connectivity index (χ2n) is 6.52. The molecule has 0 saturated heterocycles. The summed E-state index contributed by atoms with van der Waals surface area (Å²) < 4.78 is 6.65. The lowest BCUT2D eigenvalue weighted by atomic mass is 10.2. The summed E-state index contributed by atoms with van der Waals surface area (Å²) in [5, 5.41) is 13.1. The maximum atomic E-state index is 12.7. The third-order valence-corrected chi connectivity index (χ3v) is 6.88. The van der Waals surface area contributed by atoms with Crippen LogP contribution in [0.5, 0.6) is 0 Å². The molecular formula is C19H17ClN6O3S2. The molecule has 1 atom stereocenters. The van der Waals surface area contributed by atoms with Gasteiger partial charge in [0.1, 0.15) is 15.5 Å². The van der Waals surface area contributed by atoms with Crippen LogP contribution in [0.3, 0.4) is 0 Å². The number of aromatic nitrogens is 6. The average Bonchev–Trinajstić information content (AvgIpc) is 3.32. The van der Waals surface area contributed by atoms with Crippen LogP contribution < -0.4 is 5.56 Å². The van der Waals surface area contributed by atoms with Gasteiger partial charge in [0.2, 0.25) is 5.16 Å². The van der Waals surface area contributed by atoms with E-state index < -0.39 is 5.97 Å². The number of H-pyrrole nitrogens is 1. The highest BCUT2D eigenvalue weighted by molar-refractivity contribution is 7.99. The second-order valence-corrected chi connectivity index (χ2v) is 9.26. The monoisotopic (exact) mass is 476 g/mol. The van der Waals surface area contributed by atoms with Gasteiger partial charge in [-0.25, -0.2) is 9.78 Å². The summed E-state index contributed by atoms with van der Waals surface area (Å²) in [5.74, 6) is 0.00637. The topological polar surface area (TPSA) is 116 Å². The number of fused-ring (bicyclic) bond motifs is 1. The third-order valence-electron chi connectivity index (χ3n) is 4.44. The van der Waals surface area contributed by atoms with Crippen LogP contribution in [0.15, 0.2) is 34.2 Å². The van der Waals surface area contributed by atoms with Gasteiger partial charge in [-0.05, 0) is 55.0 Å². The Hall–Kier alpha value is -2.76. The number of nitrogens with zero attached hydrogens (tertiary/aromatic N) is 5. The van der Waals surface area contributed by atoms with Crippen molar-refractivity contribution in [2.24, 2.45) is 0 Å². The molecule has 0 radical (unpaired) electrons. The van der Waals surface area contributed by atoms with Crippen molar-refractivity contribution in [2.75, 3.05) is 6.61 Å². The van der Waals surface area contributed by atoms with Gasteiger partial charge in [0, 0.05) is 5.02 Å². The number of nitrogens with one attached hydrogen (secondary N) is 1. The first-order valence-corrected chi connectivity index (χ1v) is 11.4. The van der Waals surface area contributed by atoms with Crippen molar-refractivity contribution in [1.29, 1.82) is 0 Å². The van der Waals surface area contributed by atoms with E-state index in [0.29, 0.717) is 36.7 Å². The molecule has 0 aliphatic heterocycles. The number of thioether (sulfide) groups is 1. The molecule has 1 N–H and O–H groups in total. The largest absolute Gasteiger partial charge is 0.462 e. The molecule has 9 nitrogen and oxygen atoms in total. The van der Waals surface area contributed by atoms with Crippen LogP contribution in [0.1, 0.15) is 40.2 Å². The van der Waals surface area contributed by atoms with Crippen LogP contribution in [0, 0.1) is 6.92 Å². The van der Waals surface area contributed by atoms with Crippen molar-refractivity contribution >= 4 is 50.9 Å². The fraction of sp³-hybridized carbons (Fsp3) is 0.263. The van der Waals surface area contributed by atoms with Gasteiger partial charge in [0.15, 0.2) is 0 Å². The molecule has 0 aliphatic carbocycles. The van der Waals surface area contributed by atoms with Gasteiger partial charge in [-0.15, -0.1) is 16.4 Å². The number of benzene rings is 1.